The molecule has 26 heavy (non-hydrogen) atoms. The summed E-state index contributed by atoms with van der Waals surface area (Å²) >= 11 is 0. The summed E-state index contributed by atoms with van der Waals surface area (Å²) in [5, 5.41) is 25.8. The number of unbranched alkanes of at least 4 members (excludes halogenated alkanes) is 15. The second-order valence-corrected chi connectivity index (χ2v) is 7.17. The first-order chi connectivity index (χ1) is 12.5. The summed E-state index contributed by atoms with van der Waals surface area (Å²) < 4.78 is 0. The Balaban J connectivity index is 0. The summed E-state index contributed by atoms with van der Waals surface area (Å²) in [7, 11) is 0. The highest BCUT2D eigenvalue weighted by Crippen LogP contribution is 2.13. The molecule has 0 heterocycles. The quantitative estimate of drug-likeness (QED) is 0.121. The second kappa shape index (κ2) is 24.1. The molecule has 0 amide bonds. The van der Waals surface area contributed by atoms with E-state index < -0.39 is 5.09 Å². The Morgan fingerprint density at radius 3 is 1.31 bits per heavy atom. The van der Waals surface area contributed by atoms with E-state index in [-0.39, 0.29) is 6.23 Å². The molecule has 0 bridgehead atoms. The van der Waals surface area contributed by atoms with E-state index in [0.29, 0.717) is 0 Å². The summed E-state index contributed by atoms with van der Waals surface area (Å²) in [4.78, 5) is 8.36. The topological polar surface area (TPSA) is 95.6 Å². The minimum absolute atomic E-state index is 0.351. The van der Waals surface area contributed by atoms with Gasteiger partial charge in [-0.25, -0.2) is 0 Å². The van der Waals surface area contributed by atoms with Crippen LogP contribution in [-0.2, 0) is 0 Å². The maximum Gasteiger partial charge on any atom is 0.291 e. The van der Waals surface area contributed by atoms with Crippen LogP contribution >= 0.6 is 0 Å². The van der Waals surface area contributed by atoms with Gasteiger partial charge in [0.25, 0.3) is 5.09 Å². The zero-order valence-electron chi connectivity index (χ0n) is 17.3. The average molecular weight is 377 g/mol. The third kappa shape index (κ3) is 34.5. The Labute approximate surface area is 160 Å². The molecule has 0 saturated heterocycles. The summed E-state index contributed by atoms with van der Waals surface area (Å²) in [5.74, 6) is 0. The van der Waals surface area contributed by atoms with Gasteiger partial charge < -0.3 is 10.3 Å². The molecule has 0 aromatic carbocycles. The number of aliphatic hydroxyl groups is 1. The first kappa shape index (κ1) is 27.3. The zero-order valence-corrected chi connectivity index (χ0v) is 17.3. The van der Waals surface area contributed by atoms with E-state index in [1.165, 1.54) is 103 Å². The molecule has 1 atom stereocenters. The van der Waals surface area contributed by atoms with Crippen molar-refractivity contribution in [2.24, 2.45) is 0 Å². The molecule has 0 radical (unpaired) electrons. The predicted octanol–water partition coefficient (Wildman–Crippen LogP) is 5.83. The van der Waals surface area contributed by atoms with Crippen molar-refractivity contribution in [1.29, 1.82) is 0 Å². The Hall–Kier alpha value is -0.880. The number of nitrogens with one attached hydrogen (secondary N) is 1. The molecule has 0 saturated carbocycles. The van der Waals surface area contributed by atoms with Crippen molar-refractivity contribution in [3.63, 3.8) is 0 Å². The Kier molecular flexibility index (Phi) is 25.4. The summed E-state index contributed by atoms with van der Waals surface area (Å²) in [6.07, 6.45) is 22.2. The lowest BCUT2D eigenvalue weighted by Crippen LogP contribution is -2.26. The van der Waals surface area contributed by atoms with Gasteiger partial charge in [-0.05, 0) is 19.9 Å². The fraction of sp³-hybridized carbons (Fsp3) is 1.00. The molecule has 3 N–H and O–H groups in total. The third-order valence-corrected chi connectivity index (χ3v) is 4.47. The van der Waals surface area contributed by atoms with Gasteiger partial charge in [0.2, 0.25) is 0 Å². The molecule has 0 rings (SSSR count). The third-order valence-electron chi connectivity index (χ3n) is 4.47. The van der Waals surface area contributed by atoms with E-state index in [1.807, 2.05) is 0 Å². The first-order valence-electron chi connectivity index (χ1n) is 10.8. The van der Waals surface area contributed by atoms with Crippen LogP contribution in [0.4, 0.5) is 0 Å². The second-order valence-electron chi connectivity index (χ2n) is 7.17. The number of hydrogen-bond acceptors (Lipinski definition) is 4. The van der Waals surface area contributed by atoms with E-state index >= 15 is 0 Å². The van der Waals surface area contributed by atoms with Gasteiger partial charge in [0.15, 0.2) is 0 Å². The van der Waals surface area contributed by atoms with Gasteiger partial charge in [0.05, 0.1) is 0 Å². The van der Waals surface area contributed by atoms with Crippen molar-refractivity contribution in [2.45, 2.75) is 123 Å². The van der Waals surface area contributed by atoms with Crippen molar-refractivity contribution in [2.75, 3.05) is 6.54 Å². The van der Waals surface area contributed by atoms with Crippen molar-refractivity contribution in [1.82, 2.24) is 5.32 Å². The largest absolute Gasteiger partial charge is 0.379 e. The van der Waals surface area contributed by atoms with Crippen LogP contribution in [0, 0.1) is 10.1 Å². The van der Waals surface area contributed by atoms with E-state index in [0.717, 1.165) is 6.54 Å². The lowest BCUT2D eigenvalue weighted by molar-refractivity contribution is -0.742. The van der Waals surface area contributed by atoms with Crippen LogP contribution < -0.4 is 5.32 Å². The Morgan fingerprint density at radius 1 is 0.769 bits per heavy atom. The van der Waals surface area contributed by atoms with Gasteiger partial charge in [0.1, 0.15) is 6.23 Å². The van der Waals surface area contributed by atoms with E-state index in [9.17, 15) is 0 Å². The van der Waals surface area contributed by atoms with Crippen LogP contribution in [0.15, 0.2) is 0 Å². The van der Waals surface area contributed by atoms with Crippen LogP contribution in [0.2, 0.25) is 0 Å². The molecule has 6 heteroatoms. The maximum absolute atomic E-state index is 9.07. The highest BCUT2D eigenvalue weighted by Gasteiger charge is 1.95. The molecule has 0 aromatic rings. The van der Waals surface area contributed by atoms with Crippen LogP contribution in [0.3, 0.4) is 0 Å². The molecule has 0 aliphatic carbocycles. The minimum Gasteiger partial charge on any atom is -0.379 e. The minimum atomic E-state index is -1.50. The van der Waals surface area contributed by atoms with Crippen LogP contribution in [0.25, 0.3) is 0 Å². The standard InChI is InChI=1S/C20H43NO.HNO3/c1-3-4-5-6-7-8-9-10-11-12-13-14-15-16-17-18-19-21-20(2)22;2-1(3)4/h20-22H,3-19H2,1-2H3;(H,2,3,4). The van der Waals surface area contributed by atoms with Gasteiger partial charge in [-0.3, -0.25) is 5.32 Å². The van der Waals surface area contributed by atoms with Crippen molar-refractivity contribution in [3.05, 3.63) is 10.1 Å². The fourth-order valence-corrected chi connectivity index (χ4v) is 2.98. The fourth-order valence-electron chi connectivity index (χ4n) is 2.98. The molecule has 0 aliphatic heterocycles. The molecule has 6 nitrogen and oxygen atoms in total. The number of rotatable bonds is 18. The molecule has 0 fully saturated rings. The molecular formula is C20H44N2O4. The molecule has 0 aliphatic rings. The highest BCUT2D eigenvalue weighted by molar-refractivity contribution is 4.51. The Bertz CT molecular complexity index is 273. The molecule has 1 unspecified atom stereocenters. The number of aliphatic hydroxyl groups excluding tert-OH is 1. The lowest BCUT2D eigenvalue weighted by Gasteiger charge is -2.06. The summed E-state index contributed by atoms with van der Waals surface area (Å²) in [6, 6.07) is 0. The molecule has 0 spiro atoms. The molecular weight excluding hydrogens is 332 g/mol. The lowest BCUT2D eigenvalue weighted by atomic mass is 10.0. The van der Waals surface area contributed by atoms with Crippen molar-refractivity contribution < 1.29 is 15.4 Å². The summed E-state index contributed by atoms with van der Waals surface area (Å²) in [5.41, 5.74) is 0. The van der Waals surface area contributed by atoms with Crippen molar-refractivity contribution in [3.8, 4) is 0 Å². The van der Waals surface area contributed by atoms with E-state index in [4.69, 9.17) is 20.4 Å². The Morgan fingerprint density at radius 2 is 1.04 bits per heavy atom. The number of nitrogens with zero attached hydrogens (tertiary/aromatic N) is 1. The molecule has 0 aromatic heterocycles. The van der Waals surface area contributed by atoms with Gasteiger partial charge in [-0.15, -0.1) is 10.1 Å². The normalized spacial score (nSPS) is 11.7. The first-order valence-corrected chi connectivity index (χ1v) is 10.8. The predicted molar refractivity (Wildman–Crippen MR) is 108 cm³/mol. The van der Waals surface area contributed by atoms with Gasteiger partial charge in [-0.1, -0.05) is 103 Å². The monoisotopic (exact) mass is 376 g/mol. The molecule has 158 valence electrons. The summed E-state index contributed by atoms with van der Waals surface area (Å²) in [6.45, 7) is 5.03. The maximum atomic E-state index is 9.07. The van der Waals surface area contributed by atoms with Crippen LogP contribution in [0.1, 0.15) is 117 Å². The van der Waals surface area contributed by atoms with E-state index in [2.05, 4.69) is 12.2 Å². The van der Waals surface area contributed by atoms with Gasteiger partial charge >= 0.3 is 0 Å². The van der Waals surface area contributed by atoms with Gasteiger partial charge in [-0.2, -0.15) is 0 Å². The smallest absolute Gasteiger partial charge is 0.291 e. The van der Waals surface area contributed by atoms with Gasteiger partial charge in [0, 0.05) is 0 Å². The highest BCUT2D eigenvalue weighted by atomic mass is 16.9. The van der Waals surface area contributed by atoms with Crippen molar-refractivity contribution >= 4 is 0 Å². The number of hydrogen-bond donors (Lipinski definition) is 3. The SMILES string of the molecule is CCCCCCCCCCCCCCCCCCNC(C)O.O=[N+]([O-])O. The van der Waals surface area contributed by atoms with Crippen LogP contribution in [0.5, 0.6) is 0 Å². The van der Waals surface area contributed by atoms with E-state index in [1.54, 1.807) is 6.92 Å². The average Bonchev–Trinajstić information content (AvgIpc) is 2.57. The van der Waals surface area contributed by atoms with Crippen LogP contribution in [-0.4, -0.2) is 28.2 Å². The zero-order chi connectivity index (χ0) is 19.9.